The third-order valence-corrected chi connectivity index (χ3v) is 3.70. The lowest BCUT2D eigenvalue weighted by Gasteiger charge is -2.26. The molecule has 5 heteroatoms. The molecule has 0 aromatic rings. The Hall–Kier alpha value is -0.650. The Labute approximate surface area is 108 Å². The maximum atomic E-state index is 11.4. The highest BCUT2D eigenvalue weighted by atomic mass is 16.7. The summed E-state index contributed by atoms with van der Waals surface area (Å²) in [4.78, 5) is 11.4. The van der Waals surface area contributed by atoms with Gasteiger partial charge in [-0.05, 0) is 19.8 Å². The summed E-state index contributed by atoms with van der Waals surface area (Å²) in [5, 5.41) is 2.79. The minimum atomic E-state index is -0.473. The quantitative estimate of drug-likeness (QED) is 0.787. The molecule has 2 rings (SSSR count). The van der Waals surface area contributed by atoms with Crippen LogP contribution in [-0.2, 0) is 14.3 Å². The van der Waals surface area contributed by atoms with Crippen molar-refractivity contribution < 1.29 is 14.3 Å². The van der Waals surface area contributed by atoms with Gasteiger partial charge in [-0.2, -0.15) is 0 Å². The van der Waals surface area contributed by atoms with Gasteiger partial charge in [0.05, 0.1) is 12.6 Å². The standard InChI is InChI=1S/C13H24N2O3/c1-10(14)12(16)15-8-11-9-17-13(18-11)6-4-2-3-5-7-13/h10-11H,2-9,14H2,1H3,(H,15,16). The average molecular weight is 256 g/mol. The van der Waals surface area contributed by atoms with Crippen LogP contribution in [0, 0.1) is 0 Å². The maximum absolute atomic E-state index is 11.4. The van der Waals surface area contributed by atoms with E-state index in [-0.39, 0.29) is 17.8 Å². The lowest BCUT2D eigenvalue weighted by Crippen LogP contribution is -2.42. The van der Waals surface area contributed by atoms with Gasteiger partial charge < -0.3 is 20.5 Å². The zero-order valence-electron chi connectivity index (χ0n) is 11.1. The smallest absolute Gasteiger partial charge is 0.236 e. The summed E-state index contributed by atoms with van der Waals surface area (Å²) in [6.07, 6.45) is 6.78. The van der Waals surface area contributed by atoms with Crippen molar-refractivity contribution in [1.29, 1.82) is 0 Å². The highest BCUT2D eigenvalue weighted by molar-refractivity contribution is 5.80. The Morgan fingerprint density at radius 2 is 2.06 bits per heavy atom. The lowest BCUT2D eigenvalue weighted by molar-refractivity contribution is -0.175. The fraction of sp³-hybridized carbons (Fsp3) is 0.923. The third-order valence-electron chi connectivity index (χ3n) is 3.70. The minimum absolute atomic E-state index is 0.0363. The molecule has 0 aromatic carbocycles. The van der Waals surface area contributed by atoms with E-state index in [9.17, 15) is 4.79 Å². The van der Waals surface area contributed by atoms with Crippen molar-refractivity contribution in [3.63, 3.8) is 0 Å². The van der Waals surface area contributed by atoms with Gasteiger partial charge in [0.2, 0.25) is 5.91 Å². The van der Waals surface area contributed by atoms with Gasteiger partial charge in [-0.15, -0.1) is 0 Å². The molecule has 1 saturated carbocycles. The lowest BCUT2D eigenvalue weighted by atomic mass is 10.1. The van der Waals surface area contributed by atoms with Gasteiger partial charge in [0.25, 0.3) is 0 Å². The number of nitrogens with two attached hydrogens (primary N) is 1. The van der Waals surface area contributed by atoms with Gasteiger partial charge in [0.1, 0.15) is 6.10 Å². The van der Waals surface area contributed by atoms with Gasteiger partial charge in [0.15, 0.2) is 5.79 Å². The number of hydrogen-bond donors (Lipinski definition) is 2. The number of hydrogen-bond acceptors (Lipinski definition) is 4. The Kier molecular flexibility index (Phi) is 4.59. The fourth-order valence-electron chi connectivity index (χ4n) is 2.62. The molecule has 2 unspecified atom stereocenters. The number of carbonyl (C=O) groups excluding carboxylic acids is 1. The maximum Gasteiger partial charge on any atom is 0.236 e. The number of amides is 1. The molecule has 1 spiro atoms. The summed E-state index contributed by atoms with van der Waals surface area (Å²) in [5.41, 5.74) is 5.49. The van der Waals surface area contributed by atoms with Crippen LogP contribution in [0.5, 0.6) is 0 Å². The molecule has 2 fully saturated rings. The molecule has 0 aromatic heterocycles. The Bertz CT molecular complexity index is 286. The van der Waals surface area contributed by atoms with Crippen LogP contribution in [0.15, 0.2) is 0 Å². The Balaban J connectivity index is 1.78. The first kappa shape index (κ1) is 13.8. The predicted molar refractivity (Wildman–Crippen MR) is 67.9 cm³/mol. The topological polar surface area (TPSA) is 73.6 Å². The molecule has 104 valence electrons. The SMILES string of the molecule is CC(N)C(=O)NCC1COC2(CCCCCC2)O1. The molecule has 1 amide bonds. The van der Waals surface area contributed by atoms with Crippen molar-refractivity contribution in [3.05, 3.63) is 0 Å². The Morgan fingerprint density at radius 1 is 1.39 bits per heavy atom. The molecule has 3 N–H and O–H groups in total. The van der Waals surface area contributed by atoms with Crippen LogP contribution < -0.4 is 11.1 Å². The summed E-state index contributed by atoms with van der Waals surface area (Å²) in [6, 6.07) is -0.473. The van der Waals surface area contributed by atoms with Crippen molar-refractivity contribution >= 4 is 5.91 Å². The molecule has 18 heavy (non-hydrogen) atoms. The van der Waals surface area contributed by atoms with E-state index in [1.165, 1.54) is 25.7 Å². The van der Waals surface area contributed by atoms with Crippen LogP contribution in [0.25, 0.3) is 0 Å². The highest BCUT2D eigenvalue weighted by Gasteiger charge is 2.41. The molecule has 1 aliphatic carbocycles. The van der Waals surface area contributed by atoms with Crippen LogP contribution in [0.2, 0.25) is 0 Å². The van der Waals surface area contributed by atoms with Gasteiger partial charge in [-0.25, -0.2) is 0 Å². The average Bonchev–Trinajstić information content (AvgIpc) is 2.59. The summed E-state index contributed by atoms with van der Waals surface area (Å²) in [7, 11) is 0. The third kappa shape index (κ3) is 3.43. The molecule has 5 nitrogen and oxygen atoms in total. The van der Waals surface area contributed by atoms with Crippen molar-refractivity contribution in [3.8, 4) is 0 Å². The van der Waals surface area contributed by atoms with E-state index in [2.05, 4.69) is 5.32 Å². The number of rotatable bonds is 3. The molecule has 1 heterocycles. The first-order valence-electron chi connectivity index (χ1n) is 6.96. The number of carbonyl (C=O) groups is 1. The minimum Gasteiger partial charge on any atom is -0.352 e. The van der Waals surface area contributed by atoms with E-state index in [1.54, 1.807) is 6.92 Å². The van der Waals surface area contributed by atoms with Crippen LogP contribution in [0.3, 0.4) is 0 Å². The molecule has 1 saturated heterocycles. The second-order valence-electron chi connectivity index (χ2n) is 5.41. The van der Waals surface area contributed by atoms with Crippen LogP contribution in [0.1, 0.15) is 45.4 Å². The normalized spacial score (nSPS) is 28.9. The zero-order valence-corrected chi connectivity index (χ0v) is 11.1. The molecule has 2 aliphatic rings. The van der Waals surface area contributed by atoms with Gasteiger partial charge in [-0.3, -0.25) is 4.79 Å². The van der Waals surface area contributed by atoms with Crippen LogP contribution >= 0.6 is 0 Å². The molecule has 2 atom stereocenters. The van der Waals surface area contributed by atoms with E-state index in [1.807, 2.05) is 0 Å². The summed E-state index contributed by atoms with van der Waals surface area (Å²) >= 11 is 0. The molecular formula is C13H24N2O3. The van der Waals surface area contributed by atoms with Crippen molar-refractivity contribution in [2.24, 2.45) is 5.73 Å². The predicted octanol–water partition coefficient (Wildman–Crippen LogP) is 0.916. The second kappa shape index (κ2) is 5.99. The van der Waals surface area contributed by atoms with Crippen molar-refractivity contribution in [2.45, 2.75) is 63.4 Å². The van der Waals surface area contributed by atoms with Gasteiger partial charge in [0, 0.05) is 19.4 Å². The fourth-order valence-corrected chi connectivity index (χ4v) is 2.62. The first-order valence-corrected chi connectivity index (χ1v) is 6.96. The summed E-state index contributed by atoms with van der Waals surface area (Å²) in [5.74, 6) is -0.513. The monoisotopic (exact) mass is 256 g/mol. The van der Waals surface area contributed by atoms with E-state index in [0.717, 1.165) is 12.8 Å². The molecule has 0 bridgehead atoms. The molecule has 0 radical (unpaired) electrons. The van der Waals surface area contributed by atoms with Gasteiger partial charge in [-0.1, -0.05) is 12.8 Å². The van der Waals surface area contributed by atoms with Gasteiger partial charge >= 0.3 is 0 Å². The number of ether oxygens (including phenoxy) is 2. The molecular weight excluding hydrogens is 232 g/mol. The summed E-state index contributed by atoms with van der Waals surface area (Å²) in [6.45, 7) is 2.73. The number of nitrogens with one attached hydrogen (secondary N) is 1. The molecule has 1 aliphatic heterocycles. The second-order valence-corrected chi connectivity index (χ2v) is 5.41. The van der Waals surface area contributed by atoms with E-state index < -0.39 is 6.04 Å². The highest BCUT2D eigenvalue weighted by Crippen LogP contribution is 2.36. The van der Waals surface area contributed by atoms with E-state index in [0.29, 0.717) is 13.2 Å². The summed E-state index contributed by atoms with van der Waals surface area (Å²) < 4.78 is 11.9. The van der Waals surface area contributed by atoms with E-state index >= 15 is 0 Å². The zero-order chi connectivity index (χ0) is 13.0. The largest absolute Gasteiger partial charge is 0.352 e. The van der Waals surface area contributed by atoms with Crippen molar-refractivity contribution in [2.75, 3.05) is 13.2 Å². The Morgan fingerprint density at radius 3 is 2.67 bits per heavy atom. The van der Waals surface area contributed by atoms with Crippen molar-refractivity contribution in [1.82, 2.24) is 5.32 Å². The van der Waals surface area contributed by atoms with Crippen LogP contribution in [0.4, 0.5) is 0 Å². The van der Waals surface area contributed by atoms with E-state index in [4.69, 9.17) is 15.2 Å². The van der Waals surface area contributed by atoms with Crippen LogP contribution in [-0.4, -0.2) is 37.0 Å². The first-order chi connectivity index (χ1) is 8.61.